The van der Waals surface area contributed by atoms with E-state index in [0.29, 0.717) is 0 Å². The fraction of sp³-hybridized carbons (Fsp3) is 0. The van der Waals surface area contributed by atoms with Gasteiger partial charge in [-0.2, -0.15) is 5.10 Å². The van der Waals surface area contributed by atoms with E-state index in [9.17, 15) is 0 Å². The predicted molar refractivity (Wildman–Crippen MR) is 130 cm³/mol. The molecule has 33 heavy (non-hydrogen) atoms. The fourth-order valence-corrected chi connectivity index (χ4v) is 4.49. The number of hydrogen-bond donors (Lipinski definition) is 0. The van der Waals surface area contributed by atoms with Gasteiger partial charge < -0.3 is 9.15 Å². The van der Waals surface area contributed by atoms with Crippen LogP contribution in [0.4, 0.5) is 0 Å². The second-order valence-corrected chi connectivity index (χ2v) is 7.99. The fourth-order valence-electron chi connectivity index (χ4n) is 4.49. The zero-order valence-corrected chi connectivity index (χ0v) is 17.5. The molecule has 0 aliphatic heterocycles. The molecule has 0 aliphatic carbocycles. The number of nitrogens with zero attached hydrogens (tertiary/aromatic N) is 3. The van der Waals surface area contributed by atoms with Crippen LogP contribution in [0.15, 0.2) is 108 Å². The van der Waals surface area contributed by atoms with Crippen LogP contribution in [-0.2, 0) is 0 Å². The van der Waals surface area contributed by atoms with E-state index in [4.69, 9.17) is 14.1 Å². The maximum absolute atomic E-state index is 6.23. The Labute approximate surface area is 188 Å². The summed E-state index contributed by atoms with van der Waals surface area (Å²) in [4.78, 5) is 4.77. The minimum Gasteiger partial charge on any atom is -0.457 e. The highest BCUT2D eigenvalue weighted by atomic mass is 16.5. The quantitative estimate of drug-likeness (QED) is 0.278. The van der Waals surface area contributed by atoms with Crippen molar-refractivity contribution >= 4 is 43.6 Å². The first-order chi connectivity index (χ1) is 16.3. The van der Waals surface area contributed by atoms with Crippen LogP contribution < -0.4 is 4.74 Å². The van der Waals surface area contributed by atoms with Crippen molar-refractivity contribution in [2.75, 3.05) is 0 Å². The lowest BCUT2D eigenvalue weighted by molar-refractivity contribution is 0.483. The Morgan fingerprint density at radius 1 is 0.727 bits per heavy atom. The third-order valence-electron chi connectivity index (χ3n) is 5.99. The average Bonchev–Trinajstić information content (AvgIpc) is 3.52. The van der Waals surface area contributed by atoms with Crippen molar-refractivity contribution in [2.45, 2.75) is 0 Å². The molecular weight excluding hydrogens is 410 g/mol. The molecule has 4 aromatic carbocycles. The third-order valence-corrected chi connectivity index (χ3v) is 5.99. The summed E-state index contributed by atoms with van der Waals surface area (Å²) in [5, 5.41) is 9.71. The molecule has 5 nitrogen and oxygen atoms in total. The molecule has 0 saturated carbocycles. The Balaban J connectivity index is 1.37. The normalized spacial score (nSPS) is 11.6. The second-order valence-electron chi connectivity index (χ2n) is 7.99. The van der Waals surface area contributed by atoms with E-state index in [0.717, 1.165) is 60.8 Å². The first-order valence-electron chi connectivity index (χ1n) is 10.7. The number of benzene rings is 4. The molecule has 0 aliphatic rings. The standard InChI is InChI=1S/C28H17N3O2/c1-2-8-25-22(7-1)27-23-12-10-18-9-11-21(16-24(18)28(23)29-17-26(27)33-25)32-20-6-3-5-19(15-20)31-14-4-13-30-31/h1-17H. The van der Waals surface area contributed by atoms with Gasteiger partial charge in [0.1, 0.15) is 17.1 Å². The van der Waals surface area contributed by atoms with Crippen LogP contribution in [0.5, 0.6) is 11.5 Å². The zero-order chi connectivity index (χ0) is 21.8. The first-order valence-corrected chi connectivity index (χ1v) is 10.7. The maximum atomic E-state index is 6.23. The molecule has 5 heteroatoms. The van der Waals surface area contributed by atoms with Gasteiger partial charge >= 0.3 is 0 Å². The van der Waals surface area contributed by atoms with Crippen molar-refractivity contribution in [3.05, 3.63) is 104 Å². The van der Waals surface area contributed by atoms with E-state index < -0.39 is 0 Å². The van der Waals surface area contributed by atoms with Gasteiger partial charge in [-0.05, 0) is 41.8 Å². The molecule has 0 bridgehead atoms. The summed E-state index contributed by atoms with van der Waals surface area (Å²) in [5.41, 5.74) is 3.55. The molecule has 3 aromatic heterocycles. The molecule has 0 radical (unpaired) electrons. The number of pyridine rings is 1. The van der Waals surface area contributed by atoms with Crippen LogP contribution >= 0.6 is 0 Å². The van der Waals surface area contributed by atoms with Crippen molar-refractivity contribution in [1.29, 1.82) is 0 Å². The topological polar surface area (TPSA) is 53.1 Å². The van der Waals surface area contributed by atoms with Gasteiger partial charge in [0.2, 0.25) is 0 Å². The number of aromatic nitrogens is 3. The Hall–Kier alpha value is -4.64. The molecule has 3 heterocycles. The van der Waals surface area contributed by atoms with Gasteiger partial charge in [-0.3, -0.25) is 4.98 Å². The molecule has 0 N–H and O–H groups in total. The van der Waals surface area contributed by atoms with E-state index in [1.54, 1.807) is 6.20 Å². The highest BCUT2D eigenvalue weighted by Gasteiger charge is 2.13. The summed E-state index contributed by atoms with van der Waals surface area (Å²) in [6, 6.07) is 28.3. The van der Waals surface area contributed by atoms with E-state index >= 15 is 0 Å². The number of furan rings is 1. The van der Waals surface area contributed by atoms with Crippen LogP contribution in [0.1, 0.15) is 0 Å². The molecule has 0 spiro atoms. The van der Waals surface area contributed by atoms with Crippen LogP contribution in [0.2, 0.25) is 0 Å². The van der Waals surface area contributed by atoms with Crippen molar-refractivity contribution in [3.63, 3.8) is 0 Å². The molecule has 7 aromatic rings. The number of hydrogen-bond acceptors (Lipinski definition) is 4. The van der Waals surface area contributed by atoms with E-state index in [-0.39, 0.29) is 0 Å². The highest BCUT2D eigenvalue weighted by Crippen LogP contribution is 2.37. The highest BCUT2D eigenvalue weighted by molar-refractivity contribution is 6.22. The van der Waals surface area contributed by atoms with Crippen molar-refractivity contribution < 1.29 is 9.15 Å². The summed E-state index contributed by atoms with van der Waals surface area (Å²) in [5.74, 6) is 1.50. The van der Waals surface area contributed by atoms with Crippen molar-refractivity contribution in [3.8, 4) is 17.2 Å². The van der Waals surface area contributed by atoms with E-state index in [1.807, 2.05) is 71.7 Å². The van der Waals surface area contributed by atoms with Gasteiger partial charge in [0.15, 0.2) is 5.58 Å². The lowest BCUT2D eigenvalue weighted by Gasteiger charge is -2.10. The minimum atomic E-state index is 0.749. The predicted octanol–water partition coefficient (Wildman–Crippen LogP) is 7.27. The van der Waals surface area contributed by atoms with E-state index in [1.165, 1.54) is 0 Å². The third kappa shape index (κ3) is 2.87. The lowest BCUT2D eigenvalue weighted by Crippen LogP contribution is -1.94. The summed E-state index contributed by atoms with van der Waals surface area (Å²) in [6.45, 7) is 0. The monoisotopic (exact) mass is 427 g/mol. The van der Waals surface area contributed by atoms with Gasteiger partial charge in [-0.15, -0.1) is 0 Å². The Morgan fingerprint density at radius 3 is 2.58 bits per heavy atom. The summed E-state index contributed by atoms with van der Waals surface area (Å²) < 4.78 is 14.1. The van der Waals surface area contributed by atoms with Crippen LogP contribution in [0, 0.1) is 0 Å². The maximum Gasteiger partial charge on any atom is 0.154 e. The van der Waals surface area contributed by atoms with Crippen molar-refractivity contribution in [1.82, 2.24) is 14.8 Å². The van der Waals surface area contributed by atoms with Crippen LogP contribution in [-0.4, -0.2) is 14.8 Å². The van der Waals surface area contributed by atoms with Gasteiger partial charge in [0.25, 0.3) is 0 Å². The SMILES string of the molecule is c1cc(Oc2ccc3ccc4c(ncc5oc6ccccc6c54)c3c2)cc(-n2cccn2)c1. The summed E-state index contributed by atoms with van der Waals surface area (Å²) in [7, 11) is 0. The molecule has 0 unspecified atom stereocenters. The number of ether oxygens (including phenoxy) is 1. The second kappa shape index (κ2) is 6.93. The molecule has 7 rings (SSSR count). The van der Waals surface area contributed by atoms with E-state index in [2.05, 4.69) is 35.4 Å². The molecule has 0 amide bonds. The number of rotatable bonds is 3. The molecule has 0 saturated heterocycles. The van der Waals surface area contributed by atoms with Gasteiger partial charge in [-0.25, -0.2) is 4.68 Å². The smallest absolute Gasteiger partial charge is 0.154 e. The van der Waals surface area contributed by atoms with Gasteiger partial charge in [0, 0.05) is 40.0 Å². The summed E-state index contributed by atoms with van der Waals surface area (Å²) in [6.07, 6.45) is 5.49. The molecule has 0 atom stereocenters. The first kappa shape index (κ1) is 18.0. The molecular formula is C28H17N3O2. The Morgan fingerprint density at radius 2 is 1.64 bits per heavy atom. The van der Waals surface area contributed by atoms with Gasteiger partial charge in [0.05, 0.1) is 17.4 Å². The van der Waals surface area contributed by atoms with Gasteiger partial charge in [-0.1, -0.05) is 42.5 Å². The zero-order valence-electron chi connectivity index (χ0n) is 17.5. The molecule has 156 valence electrons. The summed E-state index contributed by atoms with van der Waals surface area (Å²) >= 11 is 0. The Bertz CT molecular complexity index is 1800. The molecule has 0 fully saturated rings. The van der Waals surface area contributed by atoms with Crippen molar-refractivity contribution in [2.24, 2.45) is 0 Å². The lowest BCUT2D eigenvalue weighted by atomic mass is 10.0. The number of para-hydroxylation sites is 1. The van der Waals surface area contributed by atoms with Crippen LogP contribution in [0.25, 0.3) is 49.3 Å². The largest absolute Gasteiger partial charge is 0.457 e. The average molecular weight is 427 g/mol. The number of fused-ring (bicyclic) bond motifs is 7. The Kier molecular flexibility index (Phi) is 3.78. The minimum absolute atomic E-state index is 0.749. The van der Waals surface area contributed by atoms with Crippen LogP contribution in [0.3, 0.4) is 0 Å².